The largest absolute Gasteiger partial charge is 0.373 e. The molecule has 0 spiro atoms. The molecule has 1 aromatic carbocycles. The fourth-order valence-electron chi connectivity index (χ4n) is 2.16. The summed E-state index contributed by atoms with van der Waals surface area (Å²) in [7, 11) is 1.89. The molecule has 21 heavy (non-hydrogen) atoms. The Hall–Kier alpha value is -1.42. The number of nitrogens with one attached hydrogen (secondary N) is 1. The Morgan fingerprint density at radius 2 is 1.57 bits per heavy atom. The number of aryl methyl sites for hydroxylation is 2. The van der Waals surface area contributed by atoms with Crippen LogP contribution in [-0.2, 0) is 5.41 Å². The zero-order valence-electron chi connectivity index (χ0n) is 13.5. The molecule has 2 aromatic rings. The Kier molecular flexibility index (Phi) is 4.38. The van der Waals surface area contributed by atoms with Crippen LogP contribution in [0.4, 0.5) is 5.82 Å². The van der Waals surface area contributed by atoms with E-state index in [4.69, 9.17) is 4.98 Å². The molecule has 0 aliphatic heterocycles. The van der Waals surface area contributed by atoms with Crippen LogP contribution in [0.15, 0.2) is 22.7 Å². The van der Waals surface area contributed by atoms with Gasteiger partial charge in [0.15, 0.2) is 5.82 Å². The highest BCUT2D eigenvalue weighted by atomic mass is 79.9. The van der Waals surface area contributed by atoms with Crippen molar-refractivity contribution in [3.8, 4) is 11.4 Å². The highest BCUT2D eigenvalue weighted by Gasteiger charge is 2.18. The molecule has 1 aromatic heterocycles. The maximum Gasteiger partial charge on any atom is 0.161 e. The minimum Gasteiger partial charge on any atom is -0.373 e. The zero-order chi connectivity index (χ0) is 15.8. The minimum atomic E-state index is -0.0112. The van der Waals surface area contributed by atoms with Crippen molar-refractivity contribution in [1.29, 1.82) is 0 Å². The number of benzene rings is 1. The number of nitrogens with zero attached hydrogens (tertiary/aromatic N) is 2. The Bertz CT molecular complexity index is 649. The van der Waals surface area contributed by atoms with Gasteiger partial charge in [0.25, 0.3) is 0 Å². The van der Waals surface area contributed by atoms with Gasteiger partial charge in [0.05, 0.1) is 5.69 Å². The molecule has 3 nitrogen and oxygen atoms in total. The van der Waals surface area contributed by atoms with Crippen molar-refractivity contribution in [3.05, 3.63) is 39.5 Å². The van der Waals surface area contributed by atoms with Crippen molar-refractivity contribution >= 4 is 21.7 Å². The van der Waals surface area contributed by atoms with Crippen molar-refractivity contribution < 1.29 is 0 Å². The lowest BCUT2D eigenvalue weighted by atomic mass is 9.91. The molecular formula is C17H22BrN3. The van der Waals surface area contributed by atoms with E-state index in [0.29, 0.717) is 0 Å². The first-order valence-corrected chi connectivity index (χ1v) is 7.86. The van der Waals surface area contributed by atoms with Gasteiger partial charge in [-0.15, -0.1) is 0 Å². The van der Waals surface area contributed by atoms with Crippen LogP contribution in [0, 0.1) is 13.8 Å². The third kappa shape index (κ3) is 3.43. The smallest absolute Gasteiger partial charge is 0.161 e. The predicted octanol–water partition coefficient (Wildman–Crippen LogP) is 4.86. The van der Waals surface area contributed by atoms with E-state index in [2.05, 4.69) is 73.0 Å². The Morgan fingerprint density at radius 3 is 2.05 bits per heavy atom. The molecule has 1 heterocycles. The molecule has 2 rings (SSSR count). The van der Waals surface area contributed by atoms with E-state index in [1.807, 2.05) is 13.1 Å². The molecule has 0 unspecified atom stereocenters. The third-order valence-corrected chi connectivity index (χ3v) is 4.70. The summed E-state index contributed by atoms with van der Waals surface area (Å²) >= 11 is 3.61. The summed E-state index contributed by atoms with van der Waals surface area (Å²) in [6.07, 6.45) is 0. The number of anilines is 1. The number of halogens is 1. The van der Waals surface area contributed by atoms with E-state index < -0.39 is 0 Å². The van der Waals surface area contributed by atoms with Crippen molar-refractivity contribution in [3.63, 3.8) is 0 Å². The van der Waals surface area contributed by atoms with Crippen molar-refractivity contribution in [2.45, 2.75) is 40.0 Å². The van der Waals surface area contributed by atoms with Gasteiger partial charge in [-0.2, -0.15) is 0 Å². The van der Waals surface area contributed by atoms with Gasteiger partial charge in [0.2, 0.25) is 0 Å². The SMILES string of the molecule is CNc1cc(C(C)(C)C)nc(-c2cc(C)c(Br)c(C)c2)n1. The highest BCUT2D eigenvalue weighted by molar-refractivity contribution is 9.10. The second-order valence-corrected chi connectivity index (χ2v) is 7.18. The van der Waals surface area contributed by atoms with Gasteiger partial charge < -0.3 is 5.32 Å². The van der Waals surface area contributed by atoms with Gasteiger partial charge in [-0.3, -0.25) is 0 Å². The van der Waals surface area contributed by atoms with Crippen molar-refractivity contribution in [2.75, 3.05) is 12.4 Å². The van der Waals surface area contributed by atoms with Crippen LogP contribution < -0.4 is 5.32 Å². The highest BCUT2D eigenvalue weighted by Crippen LogP contribution is 2.29. The Balaban J connectivity index is 2.63. The van der Waals surface area contributed by atoms with E-state index in [0.717, 1.165) is 27.4 Å². The van der Waals surface area contributed by atoms with Crippen LogP contribution in [0.1, 0.15) is 37.6 Å². The van der Waals surface area contributed by atoms with Gasteiger partial charge in [-0.25, -0.2) is 9.97 Å². The minimum absolute atomic E-state index is 0.0112. The Morgan fingerprint density at radius 1 is 1.00 bits per heavy atom. The fourth-order valence-corrected chi connectivity index (χ4v) is 2.39. The second-order valence-electron chi connectivity index (χ2n) is 6.39. The summed E-state index contributed by atoms with van der Waals surface area (Å²) in [6, 6.07) is 6.26. The molecular weight excluding hydrogens is 326 g/mol. The summed E-state index contributed by atoms with van der Waals surface area (Å²) in [5.74, 6) is 1.62. The van der Waals surface area contributed by atoms with Crippen LogP contribution in [0.3, 0.4) is 0 Å². The molecule has 0 aliphatic carbocycles. The molecule has 0 amide bonds. The number of hydrogen-bond donors (Lipinski definition) is 1. The second kappa shape index (κ2) is 5.76. The Labute approximate surface area is 135 Å². The van der Waals surface area contributed by atoms with Crippen LogP contribution in [0.25, 0.3) is 11.4 Å². The first-order valence-electron chi connectivity index (χ1n) is 7.07. The van der Waals surface area contributed by atoms with E-state index in [-0.39, 0.29) is 5.41 Å². The third-order valence-electron chi connectivity index (χ3n) is 3.45. The first-order chi connectivity index (χ1) is 9.72. The average molecular weight is 348 g/mol. The standard InChI is InChI=1S/C17H22BrN3/c1-10-7-12(8-11(2)15(10)18)16-20-13(17(3,4)5)9-14(19-6)21-16/h7-9H,1-6H3,(H,19,20,21). The summed E-state index contributed by atoms with van der Waals surface area (Å²) in [6.45, 7) is 10.7. The zero-order valence-corrected chi connectivity index (χ0v) is 15.1. The summed E-state index contributed by atoms with van der Waals surface area (Å²) < 4.78 is 1.15. The monoisotopic (exact) mass is 347 g/mol. The van der Waals surface area contributed by atoms with Crippen molar-refractivity contribution in [2.24, 2.45) is 0 Å². The molecule has 0 atom stereocenters. The van der Waals surface area contributed by atoms with Gasteiger partial charge >= 0.3 is 0 Å². The average Bonchev–Trinajstić information content (AvgIpc) is 2.42. The maximum atomic E-state index is 4.77. The normalized spacial score (nSPS) is 11.6. The van der Waals surface area contributed by atoms with Crippen LogP contribution in [0.2, 0.25) is 0 Å². The van der Waals surface area contributed by atoms with Gasteiger partial charge in [-0.1, -0.05) is 36.7 Å². The lowest BCUT2D eigenvalue weighted by Gasteiger charge is -2.19. The molecule has 0 fully saturated rings. The number of rotatable bonds is 2. The topological polar surface area (TPSA) is 37.8 Å². The van der Waals surface area contributed by atoms with Crippen molar-refractivity contribution in [1.82, 2.24) is 9.97 Å². The molecule has 0 bridgehead atoms. The molecule has 0 saturated carbocycles. The molecule has 4 heteroatoms. The quantitative estimate of drug-likeness (QED) is 0.842. The lowest BCUT2D eigenvalue weighted by molar-refractivity contribution is 0.568. The van der Waals surface area contributed by atoms with E-state index >= 15 is 0 Å². The number of hydrogen-bond acceptors (Lipinski definition) is 3. The molecule has 1 N–H and O–H groups in total. The van der Waals surface area contributed by atoms with Gasteiger partial charge in [-0.05, 0) is 37.1 Å². The van der Waals surface area contributed by atoms with Gasteiger partial charge in [0.1, 0.15) is 5.82 Å². The predicted molar refractivity (Wildman–Crippen MR) is 92.9 cm³/mol. The lowest BCUT2D eigenvalue weighted by Crippen LogP contribution is -2.15. The van der Waals surface area contributed by atoms with E-state index in [1.165, 1.54) is 11.1 Å². The maximum absolute atomic E-state index is 4.77. The number of aromatic nitrogens is 2. The van der Waals surface area contributed by atoms with Gasteiger partial charge in [0, 0.05) is 28.6 Å². The van der Waals surface area contributed by atoms with Crippen LogP contribution >= 0.6 is 15.9 Å². The molecule has 0 radical (unpaired) electrons. The fraction of sp³-hybridized carbons (Fsp3) is 0.412. The molecule has 112 valence electrons. The van der Waals surface area contributed by atoms with E-state index in [1.54, 1.807) is 0 Å². The van der Waals surface area contributed by atoms with E-state index in [9.17, 15) is 0 Å². The summed E-state index contributed by atoms with van der Waals surface area (Å²) in [5, 5.41) is 3.13. The van der Waals surface area contributed by atoms with Crippen LogP contribution in [0.5, 0.6) is 0 Å². The summed E-state index contributed by atoms with van der Waals surface area (Å²) in [4.78, 5) is 9.38. The van der Waals surface area contributed by atoms with Crippen LogP contribution in [-0.4, -0.2) is 17.0 Å². The first kappa shape index (κ1) is 16.0. The molecule has 0 aliphatic rings. The summed E-state index contributed by atoms with van der Waals surface area (Å²) in [5.41, 5.74) is 4.47. The molecule has 0 saturated heterocycles.